The number of carbonyl (C=O) groups is 2. The van der Waals surface area contributed by atoms with E-state index in [9.17, 15) is 9.59 Å². The van der Waals surface area contributed by atoms with Gasteiger partial charge in [0.15, 0.2) is 5.96 Å². The number of hydrogen-bond donors (Lipinski definition) is 5. The van der Waals surface area contributed by atoms with Crippen LogP contribution in [-0.2, 0) is 4.79 Å². The second-order valence-electron chi connectivity index (χ2n) is 5.95. The van der Waals surface area contributed by atoms with E-state index in [-0.39, 0.29) is 17.8 Å². The van der Waals surface area contributed by atoms with Crippen molar-refractivity contribution in [2.75, 3.05) is 17.6 Å². The minimum Gasteiger partial charge on any atom is -0.399 e. The van der Waals surface area contributed by atoms with Gasteiger partial charge in [0.1, 0.15) is 6.04 Å². The van der Waals surface area contributed by atoms with Crippen molar-refractivity contribution in [2.45, 2.75) is 18.9 Å². The zero-order valence-electron chi connectivity index (χ0n) is 14.9. The summed E-state index contributed by atoms with van der Waals surface area (Å²) in [4.78, 5) is 29.0. The van der Waals surface area contributed by atoms with Gasteiger partial charge in [0.2, 0.25) is 5.91 Å². The van der Waals surface area contributed by atoms with Crippen LogP contribution in [0.1, 0.15) is 23.2 Å². The van der Waals surface area contributed by atoms with Crippen LogP contribution in [-0.4, -0.2) is 30.4 Å². The minimum atomic E-state index is -0.732. The molecule has 0 bridgehead atoms. The van der Waals surface area contributed by atoms with Crippen molar-refractivity contribution in [3.8, 4) is 0 Å². The molecule has 0 spiro atoms. The summed E-state index contributed by atoms with van der Waals surface area (Å²) in [5, 5.41) is 5.55. The molecule has 0 aliphatic heterocycles. The fraction of sp³-hybridized carbons (Fsp3) is 0.211. The predicted octanol–water partition coefficient (Wildman–Crippen LogP) is 1.06. The normalized spacial score (nSPS) is 11.3. The zero-order chi connectivity index (χ0) is 19.6. The molecular weight excluding hydrogens is 344 g/mol. The second-order valence-corrected chi connectivity index (χ2v) is 5.95. The van der Waals surface area contributed by atoms with Gasteiger partial charge in [-0.15, -0.1) is 0 Å². The summed E-state index contributed by atoms with van der Waals surface area (Å²) in [6.07, 6.45) is 0.920. The molecule has 0 heterocycles. The third-order valence-corrected chi connectivity index (χ3v) is 3.78. The van der Waals surface area contributed by atoms with Crippen LogP contribution in [0.2, 0.25) is 0 Å². The van der Waals surface area contributed by atoms with E-state index in [1.165, 1.54) is 0 Å². The number of rotatable bonds is 8. The van der Waals surface area contributed by atoms with Crippen LogP contribution in [0.3, 0.4) is 0 Å². The Morgan fingerprint density at radius 1 is 1.00 bits per heavy atom. The number of nitrogen functional groups attached to an aromatic ring is 1. The van der Waals surface area contributed by atoms with Crippen LogP contribution in [0.25, 0.3) is 0 Å². The number of anilines is 2. The molecule has 0 radical (unpaired) electrons. The summed E-state index contributed by atoms with van der Waals surface area (Å²) in [6, 6.07) is 14.7. The second kappa shape index (κ2) is 9.81. The van der Waals surface area contributed by atoms with Crippen molar-refractivity contribution >= 4 is 29.1 Å². The van der Waals surface area contributed by atoms with Crippen molar-refractivity contribution in [3.63, 3.8) is 0 Å². The van der Waals surface area contributed by atoms with Crippen LogP contribution in [0.4, 0.5) is 11.4 Å². The summed E-state index contributed by atoms with van der Waals surface area (Å²) in [7, 11) is 0. The lowest BCUT2D eigenvalue weighted by atomic mass is 10.1. The summed E-state index contributed by atoms with van der Waals surface area (Å²) in [5.41, 5.74) is 17.9. The largest absolute Gasteiger partial charge is 0.399 e. The number of guanidine groups is 1. The highest BCUT2D eigenvalue weighted by atomic mass is 16.2. The molecule has 8 nitrogen and oxygen atoms in total. The lowest BCUT2D eigenvalue weighted by Gasteiger charge is -2.18. The highest BCUT2D eigenvalue weighted by Crippen LogP contribution is 2.12. The third-order valence-electron chi connectivity index (χ3n) is 3.78. The molecule has 8 N–H and O–H groups in total. The van der Waals surface area contributed by atoms with E-state index >= 15 is 0 Å². The molecule has 0 unspecified atom stereocenters. The number of benzene rings is 2. The molecule has 2 amide bonds. The van der Waals surface area contributed by atoms with Gasteiger partial charge in [-0.05, 0) is 49.2 Å². The molecule has 2 aromatic rings. The minimum absolute atomic E-state index is 0.00815. The molecule has 2 rings (SSSR count). The molecule has 142 valence electrons. The average Bonchev–Trinajstić information content (AvgIpc) is 2.66. The van der Waals surface area contributed by atoms with Crippen LogP contribution in [0.15, 0.2) is 59.6 Å². The van der Waals surface area contributed by atoms with E-state index in [4.69, 9.17) is 17.2 Å². The quantitative estimate of drug-likeness (QED) is 0.204. The first-order valence-electron chi connectivity index (χ1n) is 8.53. The zero-order valence-corrected chi connectivity index (χ0v) is 14.9. The fourth-order valence-electron chi connectivity index (χ4n) is 2.40. The van der Waals surface area contributed by atoms with Gasteiger partial charge >= 0.3 is 0 Å². The van der Waals surface area contributed by atoms with Gasteiger partial charge in [-0.1, -0.05) is 18.2 Å². The average molecular weight is 368 g/mol. The number of nitrogens with zero attached hydrogens (tertiary/aromatic N) is 1. The first-order chi connectivity index (χ1) is 13.0. The molecule has 0 aliphatic rings. The van der Waals surface area contributed by atoms with E-state index in [0.717, 1.165) is 0 Å². The number of carbonyl (C=O) groups excluding carboxylic acids is 2. The van der Waals surface area contributed by atoms with Gasteiger partial charge in [0, 0.05) is 23.5 Å². The molecule has 1 atom stereocenters. The molecule has 2 aromatic carbocycles. The molecular formula is C19H24N6O2. The van der Waals surface area contributed by atoms with Crippen molar-refractivity contribution in [2.24, 2.45) is 16.5 Å². The topological polar surface area (TPSA) is 149 Å². The highest BCUT2D eigenvalue weighted by Gasteiger charge is 2.21. The Hall–Kier alpha value is -3.55. The number of amides is 2. The summed E-state index contributed by atoms with van der Waals surface area (Å²) in [6.45, 7) is 0.370. The molecule has 0 saturated carbocycles. The van der Waals surface area contributed by atoms with Gasteiger partial charge < -0.3 is 27.8 Å². The predicted molar refractivity (Wildman–Crippen MR) is 107 cm³/mol. The Balaban J connectivity index is 2.05. The Bertz CT molecular complexity index is 786. The first-order valence-corrected chi connectivity index (χ1v) is 8.53. The smallest absolute Gasteiger partial charge is 0.251 e. The fourth-order valence-corrected chi connectivity index (χ4v) is 2.40. The lowest BCUT2D eigenvalue weighted by Crippen LogP contribution is -2.44. The highest BCUT2D eigenvalue weighted by molar-refractivity contribution is 6.01. The van der Waals surface area contributed by atoms with Crippen molar-refractivity contribution in [1.29, 1.82) is 0 Å². The summed E-state index contributed by atoms with van der Waals surface area (Å²) >= 11 is 0. The lowest BCUT2D eigenvalue weighted by molar-refractivity contribution is -0.118. The van der Waals surface area contributed by atoms with Crippen LogP contribution in [0.5, 0.6) is 0 Å². The molecule has 27 heavy (non-hydrogen) atoms. The van der Waals surface area contributed by atoms with Gasteiger partial charge in [-0.25, -0.2) is 0 Å². The van der Waals surface area contributed by atoms with Gasteiger partial charge in [-0.3, -0.25) is 14.6 Å². The van der Waals surface area contributed by atoms with E-state index in [0.29, 0.717) is 36.3 Å². The van der Waals surface area contributed by atoms with E-state index in [1.807, 2.05) is 6.07 Å². The van der Waals surface area contributed by atoms with E-state index < -0.39 is 6.04 Å². The van der Waals surface area contributed by atoms with Crippen LogP contribution >= 0.6 is 0 Å². The van der Waals surface area contributed by atoms with Crippen molar-refractivity contribution in [1.82, 2.24) is 5.32 Å². The number of hydrogen-bond acceptors (Lipinski definition) is 4. The van der Waals surface area contributed by atoms with E-state index in [2.05, 4.69) is 15.6 Å². The number of nitrogens with two attached hydrogens (primary N) is 3. The standard InChI is InChI=1S/C19H24N6O2/c20-14-8-10-15(11-9-14)24-18(27)16(7-4-12-23-19(21)22)25-17(26)13-5-2-1-3-6-13/h1-3,5-6,8-11,16H,4,7,12,20H2,(H,24,27)(H,25,26)(H4,21,22,23)/t16-/m0/s1. The SMILES string of the molecule is NC(N)=NCCC[C@H](NC(=O)c1ccccc1)C(=O)Nc1ccc(N)cc1. The maximum absolute atomic E-state index is 12.7. The maximum Gasteiger partial charge on any atom is 0.251 e. The Kier molecular flexibility index (Phi) is 7.18. The number of nitrogens with one attached hydrogen (secondary N) is 2. The Morgan fingerprint density at radius 2 is 1.67 bits per heavy atom. The Labute approximate surface area is 157 Å². The van der Waals surface area contributed by atoms with Gasteiger partial charge in [0.05, 0.1) is 0 Å². The van der Waals surface area contributed by atoms with E-state index in [1.54, 1.807) is 48.5 Å². The van der Waals surface area contributed by atoms with Crippen molar-refractivity contribution in [3.05, 3.63) is 60.2 Å². The monoisotopic (exact) mass is 368 g/mol. The van der Waals surface area contributed by atoms with Gasteiger partial charge in [0.25, 0.3) is 5.91 Å². The van der Waals surface area contributed by atoms with Crippen molar-refractivity contribution < 1.29 is 9.59 Å². The first kappa shape index (κ1) is 19.8. The van der Waals surface area contributed by atoms with Gasteiger partial charge in [-0.2, -0.15) is 0 Å². The number of aliphatic imine (C=N–C) groups is 1. The molecule has 0 aliphatic carbocycles. The maximum atomic E-state index is 12.7. The molecule has 0 saturated heterocycles. The van der Waals surface area contributed by atoms with Crippen LogP contribution < -0.4 is 27.8 Å². The molecule has 8 heteroatoms. The molecule has 0 fully saturated rings. The third kappa shape index (κ3) is 6.69. The Morgan fingerprint density at radius 3 is 2.30 bits per heavy atom. The van der Waals surface area contributed by atoms with Crippen LogP contribution in [0, 0.1) is 0 Å². The summed E-state index contributed by atoms with van der Waals surface area (Å²) < 4.78 is 0. The molecule has 0 aromatic heterocycles. The summed E-state index contributed by atoms with van der Waals surface area (Å²) in [5.74, 6) is -0.658.